The van der Waals surface area contributed by atoms with Crippen LogP contribution in [0.1, 0.15) is 53.4 Å². The van der Waals surface area contributed by atoms with Crippen LogP contribution in [0, 0.1) is 11.3 Å². The van der Waals surface area contributed by atoms with Gasteiger partial charge in [0.05, 0.1) is 23.8 Å². The number of nitrogens with zero attached hydrogens (tertiary/aromatic N) is 3. The molecule has 0 aliphatic carbocycles. The third-order valence-electron chi connectivity index (χ3n) is 6.06. The maximum Gasteiger partial charge on any atom is 0.573 e. The number of halogens is 3. The lowest BCUT2D eigenvalue weighted by molar-refractivity contribution is -0.274. The molecule has 0 spiro atoms. The summed E-state index contributed by atoms with van der Waals surface area (Å²) in [6.07, 6.45) is -2.33. The molecule has 3 aromatic rings. The van der Waals surface area contributed by atoms with Crippen LogP contribution in [0.3, 0.4) is 0 Å². The number of benzene rings is 2. The van der Waals surface area contributed by atoms with Gasteiger partial charge in [0.2, 0.25) is 5.88 Å². The fourth-order valence-electron chi connectivity index (χ4n) is 4.44. The largest absolute Gasteiger partial charge is 0.573 e. The minimum Gasteiger partial charge on any atom is -0.475 e. The third kappa shape index (κ3) is 7.01. The van der Waals surface area contributed by atoms with Crippen molar-refractivity contribution in [2.24, 2.45) is 0 Å². The molecule has 10 heteroatoms. The standard InChI is InChI=1S/C28H27F3N4O3/c1-18(2)37-25-12-9-22(16-33-25)26(20-5-3-19(15-32)4-6-20)35-14-13-23(17-35)34-27(36)21-7-10-24(11-8-21)38-28(29,30)31/h3-12,16,18,23,26H,13-14,17H2,1-2H3,(H,34,36)/t23-,26?/m1/s1. The monoisotopic (exact) mass is 524 g/mol. The Balaban J connectivity index is 1.48. The first-order chi connectivity index (χ1) is 18.1. The molecule has 1 fully saturated rings. The summed E-state index contributed by atoms with van der Waals surface area (Å²) in [5.74, 6) is -0.229. The predicted octanol–water partition coefficient (Wildman–Crippen LogP) is 5.23. The van der Waals surface area contributed by atoms with Crippen LogP contribution in [0.15, 0.2) is 66.9 Å². The summed E-state index contributed by atoms with van der Waals surface area (Å²) < 4.78 is 46.7. The fraction of sp³-hybridized carbons (Fsp3) is 0.321. The van der Waals surface area contributed by atoms with E-state index < -0.39 is 6.36 Å². The number of nitriles is 1. The van der Waals surface area contributed by atoms with Crippen LogP contribution in [0.25, 0.3) is 0 Å². The number of carbonyl (C=O) groups is 1. The zero-order valence-corrected chi connectivity index (χ0v) is 20.9. The highest BCUT2D eigenvalue weighted by atomic mass is 19.4. The predicted molar refractivity (Wildman–Crippen MR) is 134 cm³/mol. The van der Waals surface area contributed by atoms with Gasteiger partial charge in [-0.15, -0.1) is 13.2 Å². The molecule has 4 rings (SSSR count). The number of ether oxygens (including phenoxy) is 2. The van der Waals surface area contributed by atoms with Gasteiger partial charge in [0, 0.05) is 37.0 Å². The number of aromatic nitrogens is 1. The molecule has 2 atom stereocenters. The van der Waals surface area contributed by atoms with E-state index in [9.17, 15) is 23.2 Å². The van der Waals surface area contributed by atoms with Crippen molar-refractivity contribution < 1.29 is 27.4 Å². The van der Waals surface area contributed by atoms with Gasteiger partial charge < -0.3 is 14.8 Å². The maximum atomic E-state index is 12.8. The van der Waals surface area contributed by atoms with Gasteiger partial charge in [-0.25, -0.2) is 4.98 Å². The smallest absolute Gasteiger partial charge is 0.475 e. The lowest BCUT2D eigenvalue weighted by Gasteiger charge is -2.29. The number of alkyl halides is 3. The molecular weight excluding hydrogens is 497 g/mol. The number of rotatable bonds is 8. The molecular formula is C28H27F3N4O3. The van der Waals surface area contributed by atoms with Gasteiger partial charge in [0.1, 0.15) is 5.75 Å². The van der Waals surface area contributed by atoms with E-state index in [0.717, 1.165) is 23.3 Å². The van der Waals surface area contributed by atoms with Crippen LogP contribution in [-0.4, -0.2) is 47.4 Å². The Morgan fingerprint density at radius 3 is 2.34 bits per heavy atom. The molecule has 0 bridgehead atoms. The highest BCUT2D eigenvalue weighted by Gasteiger charge is 2.32. The average molecular weight is 525 g/mol. The molecule has 1 N–H and O–H groups in total. The summed E-state index contributed by atoms with van der Waals surface area (Å²) in [5, 5.41) is 12.2. The quantitative estimate of drug-likeness (QED) is 0.434. The van der Waals surface area contributed by atoms with Gasteiger partial charge >= 0.3 is 6.36 Å². The average Bonchev–Trinajstić information content (AvgIpc) is 3.32. The van der Waals surface area contributed by atoms with Gasteiger partial charge in [-0.1, -0.05) is 18.2 Å². The molecule has 1 aromatic heterocycles. The molecule has 1 amide bonds. The van der Waals surface area contributed by atoms with Crippen LogP contribution < -0.4 is 14.8 Å². The van der Waals surface area contributed by atoms with E-state index in [4.69, 9.17) is 4.74 Å². The van der Waals surface area contributed by atoms with Crippen molar-refractivity contribution in [1.82, 2.24) is 15.2 Å². The molecule has 2 heterocycles. The summed E-state index contributed by atoms with van der Waals surface area (Å²) in [6, 6.07) is 17.8. The van der Waals surface area contributed by atoms with Gasteiger partial charge in [-0.2, -0.15) is 5.26 Å². The van der Waals surface area contributed by atoms with Crippen molar-refractivity contribution in [1.29, 1.82) is 5.26 Å². The van der Waals surface area contributed by atoms with Crippen molar-refractivity contribution in [3.63, 3.8) is 0 Å². The normalized spacial score (nSPS) is 16.6. The Labute approximate surface area is 218 Å². The lowest BCUT2D eigenvalue weighted by atomic mass is 9.97. The molecule has 1 aliphatic rings. The highest BCUT2D eigenvalue weighted by Crippen LogP contribution is 2.32. The Hall–Kier alpha value is -4.10. The second-order valence-corrected chi connectivity index (χ2v) is 9.26. The molecule has 1 saturated heterocycles. The number of hydrogen-bond donors (Lipinski definition) is 1. The van der Waals surface area contributed by atoms with Crippen molar-refractivity contribution >= 4 is 5.91 Å². The van der Waals surface area contributed by atoms with Crippen LogP contribution in [0.4, 0.5) is 13.2 Å². The SMILES string of the molecule is CC(C)Oc1ccc(C(c2ccc(C#N)cc2)N2CC[C@@H](NC(=O)c3ccc(OC(F)(F)F)cc3)C2)cn1. The van der Waals surface area contributed by atoms with Gasteiger partial charge in [0.15, 0.2) is 0 Å². The molecule has 7 nitrogen and oxygen atoms in total. The van der Waals surface area contributed by atoms with Crippen LogP contribution in [0.2, 0.25) is 0 Å². The number of carbonyl (C=O) groups excluding carboxylic acids is 1. The first-order valence-corrected chi connectivity index (χ1v) is 12.1. The topological polar surface area (TPSA) is 87.5 Å². The van der Waals surface area contributed by atoms with E-state index in [0.29, 0.717) is 31.0 Å². The van der Waals surface area contributed by atoms with Crippen molar-refractivity contribution in [3.8, 4) is 17.7 Å². The van der Waals surface area contributed by atoms with Gasteiger partial charge in [0.25, 0.3) is 5.91 Å². The first kappa shape index (κ1) is 26.9. The Bertz CT molecular complexity index is 1270. The Morgan fingerprint density at radius 2 is 1.76 bits per heavy atom. The molecule has 0 radical (unpaired) electrons. The number of hydrogen-bond acceptors (Lipinski definition) is 6. The number of nitrogens with one attached hydrogen (secondary N) is 1. The second kappa shape index (κ2) is 11.5. The molecule has 38 heavy (non-hydrogen) atoms. The summed E-state index contributed by atoms with van der Waals surface area (Å²) >= 11 is 0. The van der Waals surface area contributed by atoms with E-state index in [1.165, 1.54) is 12.1 Å². The minimum absolute atomic E-state index is 0.000933. The first-order valence-electron chi connectivity index (χ1n) is 12.1. The lowest BCUT2D eigenvalue weighted by Crippen LogP contribution is -2.38. The summed E-state index contributed by atoms with van der Waals surface area (Å²) in [6.45, 7) is 5.10. The van der Waals surface area contributed by atoms with Crippen LogP contribution >= 0.6 is 0 Å². The molecule has 1 unspecified atom stereocenters. The number of pyridine rings is 1. The molecule has 0 saturated carbocycles. The fourth-order valence-corrected chi connectivity index (χ4v) is 4.44. The van der Waals surface area contributed by atoms with E-state index in [2.05, 4.69) is 26.0 Å². The maximum absolute atomic E-state index is 12.8. The van der Waals surface area contributed by atoms with Crippen molar-refractivity contribution in [2.75, 3.05) is 13.1 Å². The molecule has 2 aromatic carbocycles. The van der Waals surface area contributed by atoms with Gasteiger partial charge in [-0.05, 0) is 67.8 Å². The molecule has 198 valence electrons. The van der Waals surface area contributed by atoms with Crippen molar-refractivity contribution in [2.45, 2.75) is 44.8 Å². The second-order valence-electron chi connectivity index (χ2n) is 9.26. The molecule has 1 aliphatic heterocycles. The van der Waals surface area contributed by atoms with E-state index in [1.807, 2.05) is 38.1 Å². The summed E-state index contributed by atoms with van der Waals surface area (Å²) in [4.78, 5) is 19.4. The highest BCUT2D eigenvalue weighted by molar-refractivity contribution is 5.94. The van der Waals surface area contributed by atoms with Crippen molar-refractivity contribution in [3.05, 3.63) is 89.1 Å². The summed E-state index contributed by atoms with van der Waals surface area (Å²) in [7, 11) is 0. The van der Waals surface area contributed by atoms with E-state index in [-0.39, 0.29) is 35.4 Å². The van der Waals surface area contributed by atoms with Crippen LogP contribution in [0.5, 0.6) is 11.6 Å². The Morgan fingerprint density at radius 1 is 1.08 bits per heavy atom. The van der Waals surface area contributed by atoms with E-state index >= 15 is 0 Å². The Kier molecular flexibility index (Phi) is 8.17. The van der Waals surface area contributed by atoms with Gasteiger partial charge in [-0.3, -0.25) is 9.69 Å². The third-order valence-corrected chi connectivity index (χ3v) is 6.06. The van der Waals surface area contributed by atoms with E-state index in [1.54, 1.807) is 18.3 Å². The summed E-state index contributed by atoms with van der Waals surface area (Å²) in [5.41, 5.74) is 2.73. The zero-order chi connectivity index (χ0) is 27.3. The number of amides is 1. The minimum atomic E-state index is -4.79. The zero-order valence-electron chi connectivity index (χ0n) is 20.9. The van der Waals surface area contributed by atoms with Crippen LogP contribution in [-0.2, 0) is 0 Å². The number of likely N-dealkylation sites (tertiary alicyclic amines) is 1.